The van der Waals surface area contributed by atoms with E-state index in [-0.39, 0.29) is 6.04 Å². The number of hydrogen-bond donors (Lipinski definition) is 2. The Morgan fingerprint density at radius 3 is 2.93 bits per heavy atom. The highest BCUT2D eigenvalue weighted by Crippen LogP contribution is 2.34. The number of aryl methyl sites for hydroxylation is 1. The van der Waals surface area contributed by atoms with Crippen LogP contribution in [0.25, 0.3) is 0 Å². The van der Waals surface area contributed by atoms with E-state index in [9.17, 15) is 0 Å². The lowest BCUT2D eigenvalue weighted by Gasteiger charge is -2.17. The molecule has 1 aromatic rings. The number of hydrazine groups is 1. The predicted molar refractivity (Wildman–Crippen MR) is 60.7 cm³/mol. The van der Waals surface area contributed by atoms with E-state index in [1.165, 1.54) is 16.7 Å². The summed E-state index contributed by atoms with van der Waals surface area (Å²) < 4.78 is 5.80. The molecule has 0 saturated heterocycles. The molecule has 82 valence electrons. The molecular formula is C12H18N2O. The van der Waals surface area contributed by atoms with Crippen LogP contribution in [0.5, 0.6) is 5.75 Å². The summed E-state index contributed by atoms with van der Waals surface area (Å²) >= 11 is 0. The lowest BCUT2D eigenvalue weighted by Crippen LogP contribution is -2.27. The minimum Gasteiger partial charge on any atom is -0.493 e. The summed E-state index contributed by atoms with van der Waals surface area (Å²) in [5.41, 5.74) is 6.56. The first-order valence-electron chi connectivity index (χ1n) is 5.43. The molecule has 0 fully saturated rings. The van der Waals surface area contributed by atoms with Gasteiger partial charge in [0.05, 0.1) is 6.61 Å². The Morgan fingerprint density at radius 1 is 1.40 bits per heavy atom. The molecule has 0 radical (unpaired) electrons. The fraction of sp³-hybridized carbons (Fsp3) is 0.500. The van der Waals surface area contributed by atoms with Gasteiger partial charge in [0.1, 0.15) is 5.75 Å². The van der Waals surface area contributed by atoms with E-state index in [4.69, 9.17) is 10.6 Å². The van der Waals surface area contributed by atoms with Gasteiger partial charge in [-0.1, -0.05) is 12.1 Å². The van der Waals surface area contributed by atoms with Crippen LogP contribution in [-0.4, -0.2) is 6.61 Å². The summed E-state index contributed by atoms with van der Waals surface area (Å²) in [6.45, 7) is 5.00. The fourth-order valence-electron chi connectivity index (χ4n) is 2.07. The molecule has 3 N–H and O–H groups in total. The second-order valence-electron chi connectivity index (χ2n) is 4.14. The van der Waals surface area contributed by atoms with Crippen LogP contribution in [0.3, 0.4) is 0 Å². The quantitative estimate of drug-likeness (QED) is 0.545. The summed E-state index contributed by atoms with van der Waals surface area (Å²) in [6.07, 6.45) is 2.08. The first-order chi connectivity index (χ1) is 7.24. The number of fused-ring (bicyclic) bond motifs is 1. The summed E-state index contributed by atoms with van der Waals surface area (Å²) in [6, 6.07) is 4.47. The van der Waals surface area contributed by atoms with Crippen LogP contribution < -0.4 is 16.0 Å². The normalized spacial score (nSPS) is 20.3. The first kappa shape index (κ1) is 10.5. The average Bonchev–Trinajstić information content (AvgIpc) is 2.45. The maximum Gasteiger partial charge on any atom is 0.127 e. The molecule has 3 nitrogen and oxygen atoms in total. The lowest BCUT2D eigenvalue weighted by atomic mass is 9.98. The summed E-state index contributed by atoms with van der Waals surface area (Å²) in [5.74, 6) is 6.59. The lowest BCUT2D eigenvalue weighted by molar-refractivity contribution is 0.313. The van der Waals surface area contributed by atoms with Crippen molar-refractivity contribution in [1.82, 2.24) is 5.43 Å². The topological polar surface area (TPSA) is 47.3 Å². The zero-order valence-electron chi connectivity index (χ0n) is 9.34. The molecule has 1 aliphatic heterocycles. The maximum absolute atomic E-state index is 5.80. The van der Waals surface area contributed by atoms with Crippen molar-refractivity contribution in [2.24, 2.45) is 5.84 Å². The van der Waals surface area contributed by atoms with Crippen LogP contribution >= 0.6 is 0 Å². The number of nitrogens with two attached hydrogens (primary N) is 1. The van der Waals surface area contributed by atoms with Crippen LogP contribution in [0.4, 0.5) is 0 Å². The molecule has 1 unspecified atom stereocenters. The molecule has 15 heavy (non-hydrogen) atoms. The largest absolute Gasteiger partial charge is 0.493 e. The molecule has 1 aromatic carbocycles. The third kappa shape index (κ3) is 1.85. The van der Waals surface area contributed by atoms with Crippen LogP contribution in [0.2, 0.25) is 0 Å². The zero-order valence-corrected chi connectivity index (χ0v) is 9.34. The Kier molecular flexibility index (Phi) is 2.93. The third-order valence-corrected chi connectivity index (χ3v) is 3.17. The van der Waals surface area contributed by atoms with Crippen molar-refractivity contribution in [3.05, 3.63) is 28.8 Å². The molecule has 0 spiro atoms. The van der Waals surface area contributed by atoms with Gasteiger partial charge in [-0.3, -0.25) is 11.3 Å². The van der Waals surface area contributed by atoms with Crippen molar-refractivity contribution in [1.29, 1.82) is 0 Å². The molecular weight excluding hydrogens is 188 g/mol. The minimum absolute atomic E-state index is 0.224. The van der Waals surface area contributed by atoms with E-state index < -0.39 is 0 Å². The second kappa shape index (κ2) is 4.21. The van der Waals surface area contributed by atoms with Gasteiger partial charge in [-0.2, -0.15) is 0 Å². The minimum atomic E-state index is 0.224. The zero-order chi connectivity index (χ0) is 10.8. The Labute approximate surface area is 90.6 Å². The van der Waals surface area contributed by atoms with Crippen LogP contribution in [0, 0.1) is 13.8 Å². The van der Waals surface area contributed by atoms with Crippen molar-refractivity contribution in [3.63, 3.8) is 0 Å². The molecule has 0 saturated carbocycles. The van der Waals surface area contributed by atoms with Gasteiger partial charge in [0.15, 0.2) is 0 Å². The SMILES string of the molecule is Cc1ccc2c(c1C)OCCCC2NN. The highest BCUT2D eigenvalue weighted by molar-refractivity contribution is 5.47. The van der Waals surface area contributed by atoms with Gasteiger partial charge in [-0.25, -0.2) is 0 Å². The third-order valence-electron chi connectivity index (χ3n) is 3.17. The van der Waals surface area contributed by atoms with Crippen molar-refractivity contribution in [2.45, 2.75) is 32.7 Å². The van der Waals surface area contributed by atoms with Gasteiger partial charge < -0.3 is 4.74 Å². The molecule has 0 amide bonds. The number of hydrogen-bond acceptors (Lipinski definition) is 3. The standard InChI is InChI=1S/C12H18N2O/c1-8-5-6-10-11(14-13)4-3-7-15-12(10)9(8)2/h5-6,11,14H,3-4,7,13H2,1-2H3. The van der Waals surface area contributed by atoms with E-state index in [2.05, 4.69) is 31.4 Å². The molecule has 1 aliphatic rings. The van der Waals surface area contributed by atoms with Crippen molar-refractivity contribution >= 4 is 0 Å². The average molecular weight is 206 g/mol. The Balaban J connectivity index is 2.49. The molecule has 1 atom stereocenters. The number of rotatable bonds is 1. The predicted octanol–water partition coefficient (Wildman–Crippen LogP) is 1.98. The Bertz CT molecular complexity index is 363. The highest BCUT2D eigenvalue weighted by Gasteiger charge is 2.20. The van der Waals surface area contributed by atoms with Crippen LogP contribution in [0.15, 0.2) is 12.1 Å². The number of benzene rings is 1. The van der Waals surface area contributed by atoms with Gasteiger partial charge in [0, 0.05) is 11.6 Å². The maximum atomic E-state index is 5.80. The smallest absolute Gasteiger partial charge is 0.127 e. The molecule has 0 aromatic heterocycles. The van der Waals surface area contributed by atoms with Crippen LogP contribution in [-0.2, 0) is 0 Å². The Hall–Kier alpha value is -1.06. The van der Waals surface area contributed by atoms with E-state index >= 15 is 0 Å². The highest BCUT2D eigenvalue weighted by atomic mass is 16.5. The summed E-state index contributed by atoms with van der Waals surface area (Å²) in [4.78, 5) is 0. The van der Waals surface area contributed by atoms with Crippen molar-refractivity contribution < 1.29 is 4.74 Å². The van der Waals surface area contributed by atoms with Crippen molar-refractivity contribution in [3.8, 4) is 5.75 Å². The van der Waals surface area contributed by atoms with Gasteiger partial charge in [-0.15, -0.1) is 0 Å². The number of nitrogens with one attached hydrogen (secondary N) is 1. The van der Waals surface area contributed by atoms with Crippen LogP contribution in [0.1, 0.15) is 35.6 Å². The van der Waals surface area contributed by atoms with Gasteiger partial charge >= 0.3 is 0 Å². The first-order valence-corrected chi connectivity index (χ1v) is 5.43. The molecule has 0 bridgehead atoms. The van der Waals surface area contributed by atoms with Gasteiger partial charge in [0.2, 0.25) is 0 Å². The molecule has 3 heteroatoms. The summed E-state index contributed by atoms with van der Waals surface area (Å²) in [5, 5.41) is 0. The molecule has 2 rings (SSSR count). The van der Waals surface area contributed by atoms with E-state index in [0.717, 1.165) is 25.2 Å². The molecule has 0 aliphatic carbocycles. The molecule has 1 heterocycles. The monoisotopic (exact) mass is 206 g/mol. The van der Waals surface area contributed by atoms with Gasteiger partial charge in [-0.05, 0) is 37.8 Å². The van der Waals surface area contributed by atoms with Gasteiger partial charge in [0.25, 0.3) is 0 Å². The van der Waals surface area contributed by atoms with E-state index in [0.29, 0.717) is 0 Å². The van der Waals surface area contributed by atoms with E-state index in [1.807, 2.05) is 0 Å². The number of ether oxygens (including phenoxy) is 1. The Morgan fingerprint density at radius 2 is 2.20 bits per heavy atom. The van der Waals surface area contributed by atoms with E-state index in [1.54, 1.807) is 0 Å². The van der Waals surface area contributed by atoms with Crippen molar-refractivity contribution in [2.75, 3.05) is 6.61 Å². The fourth-order valence-corrected chi connectivity index (χ4v) is 2.07. The summed E-state index contributed by atoms with van der Waals surface area (Å²) in [7, 11) is 0. The second-order valence-corrected chi connectivity index (χ2v) is 4.14.